The largest absolute Gasteiger partial charge is 0.469 e. The number of esters is 2. The summed E-state index contributed by atoms with van der Waals surface area (Å²) in [6, 6.07) is 0. The topological polar surface area (TPSA) is 140 Å². The summed E-state index contributed by atoms with van der Waals surface area (Å²) in [4.78, 5) is 42.5. The van der Waals surface area contributed by atoms with Crippen molar-refractivity contribution in [2.24, 2.45) is 0 Å². The first-order chi connectivity index (χ1) is 22.7. The van der Waals surface area contributed by atoms with Crippen LogP contribution in [-0.4, -0.2) is 52.3 Å². The molecule has 0 bridgehead atoms. The van der Waals surface area contributed by atoms with Crippen LogP contribution in [0.2, 0.25) is 0 Å². The van der Waals surface area contributed by atoms with Crippen LogP contribution in [0.25, 0.3) is 0 Å². The molecule has 272 valence electrons. The van der Waals surface area contributed by atoms with Gasteiger partial charge in [-0.15, -0.1) is 0 Å². The Kier molecular flexibility index (Phi) is 31.1. The van der Waals surface area contributed by atoms with E-state index in [-0.39, 0.29) is 25.6 Å². The molecule has 0 rings (SSSR count). The number of phosphoric ester groups is 1. The second-order valence-corrected chi connectivity index (χ2v) is 13.3. The molecule has 0 heterocycles. The lowest BCUT2D eigenvalue weighted by Gasteiger charge is -2.18. The molecule has 9 nitrogen and oxygen atoms in total. The van der Waals surface area contributed by atoms with Crippen LogP contribution < -0.4 is 0 Å². The van der Waals surface area contributed by atoms with Gasteiger partial charge in [-0.05, 0) is 51.4 Å². The van der Waals surface area contributed by atoms with Gasteiger partial charge in [0.05, 0.1) is 12.7 Å². The number of carbonyl (C=O) groups excluding carboxylic acids is 2. The fraction of sp³-hybridized carbons (Fsp3) is 0.730. The molecule has 0 aliphatic rings. The van der Waals surface area contributed by atoms with Crippen LogP contribution in [0.15, 0.2) is 48.6 Å². The molecule has 0 aliphatic heterocycles. The summed E-state index contributed by atoms with van der Waals surface area (Å²) < 4.78 is 26.2. The summed E-state index contributed by atoms with van der Waals surface area (Å²) in [5, 5.41) is 9.68. The molecule has 47 heavy (non-hydrogen) atoms. The standard InChI is InChI=1S/C37H65O9P/c1-3-5-6-7-8-9-13-18-21-24-27-31-37(40)46-35(33-45-47(41,42)43)32-44-36(39)30-26-23-20-17-15-12-10-11-14-16-19-22-25-29-34(38)28-4-2/h10,12,14,16-17,20,22,25,34-35,38H,3-9,11,13,15,18-19,21,23-24,26-33H2,1-2H3,(H2,41,42,43)/b12-10-,16-14-,20-17-,25-22-/t34?,35-/m1/s1. The van der Waals surface area contributed by atoms with Crippen LogP contribution in [0.4, 0.5) is 0 Å². The number of ether oxygens (including phenoxy) is 2. The van der Waals surface area contributed by atoms with E-state index in [1.807, 2.05) is 18.2 Å². The minimum Gasteiger partial charge on any atom is -0.462 e. The van der Waals surface area contributed by atoms with Crippen molar-refractivity contribution in [3.63, 3.8) is 0 Å². The minimum atomic E-state index is -4.77. The molecular weight excluding hydrogens is 619 g/mol. The van der Waals surface area contributed by atoms with Crippen LogP contribution in [0.1, 0.15) is 149 Å². The van der Waals surface area contributed by atoms with Crippen LogP contribution in [-0.2, 0) is 28.2 Å². The van der Waals surface area contributed by atoms with Crippen molar-refractivity contribution >= 4 is 19.8 Å². The van der Waals surface area contributed by atoms with Gasteiger partial charge in [0.2, 0.25) is 0 Å². The molecule has 0 aromatic rings. The molecule has 0 fully saturated rings. The van der Waals surface area contributed by atoms with E-state index in [9.17, 15) is 19.3 Å². The number of hydrogen-bond acceptors (Lipinski definition) is 7. The predicted molar refractivity (Wildman–Crippen MR) is 190 cm³/mol. The molecule has 3 N–H and O–H groups in total. The van der Waals surface area contributed by atoms with Crippen molar-refractivity contribution in [2.45, 2.75) is 161 Å². The first-order valence-corrected chi connectivity index (χ1v) is 19.5. The van der Waals surface area contributed by atoms with Crippen molar-refractivity contribution in [1.82, 2.24) is 0 Å². The van der Waals surface area contributed by atoms with E-state index in [1.54, 1.807) is 0 Å². The number of aliphatic hydroxyl groups excluding tert-OH is 1. The molecule has 0 radical (unpaired) electrons. The summed E-state index contributed by atoms with van der Waals surface area (Å²) in [6.07, 6.45) is 34.7. The zero-order chi connectivity index (χ0) is 34.9. The van der Waals surface area contributed by atoms with Gasteiger partial charge >= 0.3 is 19.8 Å². The summed E-state index contributed by atoms with van der Waals surface area (Å²) in [5.41, 5.74) is 0. The Morgan fingerprint density at radius 3 is 1.70 bits per heavy atom. The minimum absolute atomic E-state index is 0.176. The second-order valence-electron chi connectivity index (χ2n) is 12.0. The highest BCUT2D eigenvalue weighted by atomic mass is 31.2. The van der Waals surface area contributed by atoms with Crippen LogP contribution >= 0.6 is 7.82 Å². The van der Waals surface area contributed by atoms with Gasteiger partial charge < -0.3 is 24.4 Å². The van der Waals surface area contributed by atoms with Gasteiger partial charge in [-0.3, -0.25) is 14.1 Å². The lowest BCUT2D eigenvalue weighted by molar-refractivity contribution is -0.161. The molecule has 2 atom stereocenters. The monoisotopic (exact) mass is 684 g/mol. The molecule has 1 unspecified atom stereocenters. The van der Waals surface area contributed by atoms with Gasteiger partial charge in [-0.2, -0.15) is 0 Å². The summed E-state index contributed by atoms with van der Waals surface area (Å²) >= 11 is 0. The highest BCUT2D eigenvalue weighted by Crippen LogP contribution is 2.36. The van der Waals surface area contributed by atoms with E-state index in [4.69, 9.17) is 19.3 Å². The summed E-state index contributed by atoms with van der Waals surface area (Å²) in [5.74, 6) is -0.974. The average molecular weight is 685 g/mol. The van der Waals surface area contributed by atoms with E-state index in [1.165, 1.54) is 44.9 Å². The Morgan fingerprint density at radius 2 is 1.15 bits per heavy atom. The van der Waals surface area contributed by atoms with Crippen LogP contribution in [0.5, 0.6) is 0 Å². The predicted octanol–water partition coefficient (Wildman–Crippen LogP) is 9.37. The maximum Gasteiger partial charge on any atom is 0.469 e. The molecule has 0 saturated heterocycles. The third-order valence-electron chi connectivity index (χ3n) is 7.41. The Hall–Kier alpha value is -2.03. The van der Waals surface area contributed by atoms with E-state index in [2.05, 4.69) is 48.8 Å². The molecule has 0 spiro atoms. The van der Waals surface area contributed by atoms with Crippen molar-refractivity contribution < 1.29 is 43.0 Å². The Bertz CT molecular complexity index is 923. The fourth-order valence-electron chi connectivity index (χ4n) is 4.73. The Balaban J connectivity index is 4.11. The second kappa shape index (κ2) is 32.5. The maximum absolute atomic E-state index is 12.3. The summed E-state index contributed by atoms with van der Waals surface area (Å²) in [7, 11) is -4.77. The van der Waals surface area contributed by atoms with E-state index in [0.717, 1.165) is 51.4 Å². The molecule has 0 amide bonds. The normalized spacial score (nSPS) is 13.7. The van der Waals surface area contributed by atoms with Gasteiger partial charge in [-0.1, -0.05) is 133 Å². The van der Waals surface area contributed by atoms with Gasteiger partial charge in [0.15, 0.2) is 6.10 Å². The number of aliphatic hydroxyl groups is 1. The quantitative estimate of drug-likeness (QED) is 0.0274. The number of allylic oxidation sites excluding steroid dienone is 7. The van der Waals surface area contributed by atoms with Gasteiger partial charge in [-0.25, -0.2) is 4.57 Å². The smallest absolute Gasteiger partial charge is 0.462 e. The van der Waals surface area contributed by atoms with Crippen molar-refractivity contribution in [3.05, 3.63) is 48.6 Å². The Morgan fingerprint density at radius 1 is 0.638 bits per heavy atom. The van der Waals surface area contributed by atoms with Crippen LogP contribution in [0, 0.1) is 0 Å². The molecule has 0 saturated carbocycles. The number of hydrogen-bond donors (Lipinski definition) is 3. The molecule has 0 aromatic heterocycles. The highest BCUT2D eigenvalue weighted by Gasteiger charge is 2.22. The van der Waals surface area contributed by atoms with Crippen LogP contribution in [0.3, 0.4) is 0 Å². The number of phosphoric acid groups is 1. The number of rotatable bonds is 32. The van der Waals surface area contributed by atoms with Crippen molar-refractivity contribution in [3.8, 4) is 0 Å². The van der Waals surface area contributed by atoms with Gasteiger partial charge in [0, 0.05) is 12.8 Å². The zero-order valence-electron chi connectivity index (χ0n) is 29.3. The maximum atomic E-state index is 12.3. The van der Waals surface area contributed by atoms with Crippen molar-refractivity contribution in [2.75, 3.05) is 13.2 Å². The van der Waals surface area contributed by atoms with Gasteiger partial charge in [0.25, 0.3) is 0 Å². The lowest BCUT2D eigenvalue weighted by Crippen LogP contribution is -2.29. The first kappa shape index (κ1) is 45.0. The van der Waals surface area contributed by atoms with E-state index >= 15 is 0 Å². The molecule has 0 aromatic carbocycles. The van der Waals surface area contributed by atoms with E-state index < -0.39 is 32.5 Å². The lowest BCUT2D eigenvalue weighted by atomic mass is 10.1. The first-order valence-electron chi connectivity index (χ1n) is 18.0. The number of unbranched alkanes of at least 4 members (excludes halogenated alkanes) is 11. The SMILES string of the molecule is CCCCCCCCCCCCCC(=O)O[C@H](COC(=O)CCC/C=C\C/C=C\C/C=C\C/C=C\CC(O)CCC)COP(=O)(O)O. The number of carbonyl (C=O) groups is 2. The average Bonchev–Trinajstić information content (AvgIpc) is 3.02. The molecular formula is C37H65O9P. The summed E-state index contributed by atoms with van der Waals surface area (Å²) in [6.45, 7) is 3.40. The van der Waals surface area contributed by atoms with Crippen molar-refractivity contribution in [1.29, 1.82) is 0 Å². The van der Waals surface area contributed by atoms with E-state index in [0.29, 0.717) is 25.7 Å². The third-order valence-corrected chi connectivity index (χ3v) is 7.89. The highest BCUT2D eigenvalue weighted by molar-refractivity contribution is 7.46. The van der Waals surface area contributed by atoms with Gasteiger partial charge in [0.1, 0.15) is 6.61 Å². The molecule has 0 aliphatic carbocycles. The molecule has 10 heteroatoms. The zero-order valence-corrected chi connectivity index (χ0v) is 30.2. The third kappa shape index (κ3) is 35.1. The fourth-order valence-corrected chi connectivity index (χ4v) is 5.09. The Labute approximate surface area is 285 Å².